The number of benzene rings is 1. The first-order valence-corrected chi connectivity index (χ1v) is 9.51. The van der Waals surface area contributed by atoms with Gasteiger partial charge in [0, 0.05) is 31.9 Å². The molecule has 0 aliphatic carbocycles. The molecule has 0 atom stereocenters. The zero-order valence-electron chi connectivity index (χ0n) is 16.2. The number of hydrogen-bond acceptors (Lipinski definition) is 3. The quantitative estimate of drug-likeness (QED) is 0.676. The highest BCUT2D eigenvalue weighted by Crippen LogP contribution is 2.30. The predicted molar refractivity (Wildman–Crippen MR) is 101 cm³/mol. The van der Waals surface area contributed by atoms with Gasteiger partial charge < -0.3 is 15.5 Å². The van der Waals surface area contributed by atoms with E-state index in [9.17, 15) is 31.1 Å². The molecule has 0 bridgehead atoms. The third kappa shape index (κ3) is 6.25. The van der Waals surface area contributed by atoms with Crippen LogP contribution < -0.4 is 15.5 Å². The second-order valence-corrected chi connectivity index (χ2v) is 7.19. The van der Waals surface area contributed by atoms with Crippen molar-refractivity contribution in [2.45, 2.75) is 37.8 Å². The number of nitrogens with one attached hydrogen (secondary N) is 2. The molecule has 0 saturated carbocycles. The lowest BCUT2D eigenvalue weighted by molar-refractivity contribution is -0.138. The van der Waals surface area contributed by atoms with Crippen LogP contribution in [0.5, 0.6) is 0 Å². The molecule has 1 saturated heterocycles. The number of anilines is 1. The van der Waals surface area contributed by atoms with E-state index < -0.39 is 29.5 Å². The average molecular weight is 446 g/mol. The first-order valence-electron chi connectivity index (χ1n) is 9.51. The summed E-state index contributed by atoms with van der Waals surface area (Å²) in [6.07, 6.45) is -6.88. The Labute approximate surface area is 174 Å². The highest BCUT2D eigenvalue weighted by molar-refractivity contribution is 5.74. The topological polar surface area (TPSA) is 57.3 Å². The van der Waals surface area contributed by atoms with Gasteiger partial charge in [-0.05, 0) is 42.7 Å². The number of piperidine rings is 1. The Balaban J connectivity index is 1.42. The molecule has 31 heavy (non-hydrogen) atoms. The molecule has 3 rings (SSSR count). The van der Waals surface area contributed by atoms with E-state index in [-0.39, 0.29) is 12.6 Å². The van der Waals surface area contributed by atoms with Gasteiger partial charge in [0.15, 0.2) is 0 Å². The maximum atomic E-state index is 12.6. The summed E-state index contributed by atoms with van der Waals surface area (Å²) in [5.41, 5.74) is -1.03. The smallest absolute Gasteiger partial charge is 0.356 e. The van der Waals surface area contributed by atoms with E-state index in [0.717, 1.165) is 24.4 Å². The molecule has 1 fully saturated rings. The Bertz CT molecular complexity index is 873. The van der Waals surface area contributed by atoms with Crippen molar-refractivity contribution < 1.29 is 31.1 Å². The van der Waals surface area contributed by atoms with E-state index in [0.29, 0.717) is 37.3 Å². The summed E-state index contributed by atoms with van der Waals surface area (Å²) in [4.78, 5) is 17.8. The van der Waals surface area contributed by atoms with Gasteiger partial charge in [-0.25, -0.2) is 9.78 Å². The van der Waals surface area contributed by atoms with Gasteiger partial charge in [0.25, 0.3) is 0 Å². The van der Waals surface area contributed by atoms with Crippen LogP contribution >= 0.6 is 0 Å². The van der Waals surface area contributed by atoms with Crippen LogP contribution in [0.15, 0.2) is 42.6 Å². The van der Waals surface area contributed by atoms with Crippen molar-refractivity contribution in [2.24, 2.45) is 0 Å². The van der Waals surface area contributed by atoms with E-state index >= 15 is 0 Å². The number of nitrogens with zero attached hydrogens (tertiary/aromatic N) is 2. The Hall–Kier alpha value is -2.98. The molecular formula is C20H20F6N4O. The molecule has 11 heteroatoms. The minimum Gasteiger partial charge on any atom is -0.356 e. The molecular weight excluding hydrogens is 426 g/mol. The zero-order chi connectivity index (χ0) is 22.6. The van der Waals surface area contributed by atoms with E-state index in [4.69, 9.17) is 0 Å². The van der Waals surface area contributed by atoms with E-state index in [2.05, 4.69) is 15.6 Å². The molecule has 2 amide bonds. The van der Waals surface area contributed by atoms with Crippen LogP contribution in [0.3, 0.4) is 0 Å². The van der Waals surface area contributed by atoms with Crippen LogP contribution in [-0.2, 0) is 18.9 Å². The Morgan fingerprint density at radius 3 is 2.03 bits per heavy atom. The highest BCUT2D eigenvalue weighted by Gasteiger charge is 2.31. The number of amides is 2. The van der Waals surface area contributed by atoms with Gasteiger partial charge in [-0.3, -0.25) is 0 Å². The molecule has 1 aromatic heterocycles. The van der Waals surface area contributed by atoms with Crippen LogP contribution in [0.2, 0.25) is 0 Å². The van der Waals surface area contributed by atoms with E-state index in [1.807, 2.05) is 4.90 Å². The van der Waals surface area contributed by atoms with Gasteiger partial charge >= 0.3 is 18.4 Å². The minimum absolute atomic E-state index is 0.0816. The van der Waals surface area contributed by atoms with Crippen LogP contribution in [0.1, 0.15) is 29.5 Å². The van der Waals surface area contributed by atoms with Crippen molar-refractivity contribution in [3.05, 3.63) is 59.3 Å². The van der Waals surface area contributed by atoms with Crippen LogP contribution in [0, 0.1) is 0 Å². The minimum atomic E-state index is -4.43. The second kappa shape index (κ2) is 9.03. The first kappa shape index (κ1) is 22.7. The third-order valence-electron chi connectivity index (χ3n) is 4.96. The average Bonchev–Trinajstić information content (AvgIpc) is 2.72. The van der Waals surface area contributed by atoms with Crippen molar-refractivity contribution in [3.63, 3.8) is 0 Å². The van der Waals surface area contributed by atoms with Gasteiger partial charge in [0.1, 0.15) is 5.82 Å². The van der Waals surface area contributed by atoms with Crippen molar-refractivity contribution in [1.29, 1.82) is 0 Å². The van der Waals surface area contributed by atoms with Crippen LogP contribution in [0.25, 0.3) is 0 Å². The standard InChI is InChI=1S/C20H20F6N4O/c21-19(22,23)14-3-1-13(2-4-14)11-28-18(31)29-16-7-9-30(10-8-16)17-6-5-15(12-27-17)20(24,25)26/h1-6,12,16H,7-11H2,(H2,28,29,31). The number of alkyl halides is 6. The Morgan fingerprint density at radius 2 is 1.52 bits per heavy atom. The lowest BCUT2D eigenvalue weighted by Gasteiger charge is -2.33. The summed E-state index contributed by atoms with van der Waals surface area (Å²) in [6.45, 7) is 1.11. The fourth-order valence-corrected chi connectivity index (χ4v) is 3.22. The summed E-state index contributed by atoms with van der Waals surface area (Å²) in [7, 11) is 0. The van der Waals surface area contributed by atoms with Crippen molar-refractivity contribution in [3.8, 4) is 0 Å². The second-order valence-electron chi connectivity index (χ2n) is 7.19. The lowest BCUT2D eigenvalue weighted by atomic mass is 10.1. The van der Waals surface area contributed by atoms with Gasteiger partial charge in [-0.15, -0.1) is 0 Å². The van der Waals surface area contributed by atoms with Gasteiger partial charge in [0.05, 0.1) is 11.1 Å². The van der Waals surface area contributed by atoms with Gasteiger partial charge in [-0.2, -0.15) is 26.3 Å². The number of carbonyl (C=O) groups excluding carboxylic acids is 1. The highest BCUT2D eigenvalue weighted by atomic mass is 19.4. The molecule has 1 aromatic carbocycles. The summed E-state index contributed by atoms with van der Waals surface area (Å²) < 4.78 is 75.6. The van der Waals surface area contributed by atoms with Crippen LogP contribution in [0.4, 0.5) is 37.0 Å². The number of urea groups is 1. The molecule has 2 N–H and O–H groups in total. The number of aromatic nitrogens is 1. The summed E-state index contributed by atoms with van der Waals surface area (Å²) in [5, 5.41) is 5.40. The largest absolute Gasteiger partial charge is 0.417 e. The zero-order valence-corrected chi connectivity index (χ0v) is 16.2. The summed E-state index contributed by atoms with van der Waals surface area (Å²) in [5.74, 6) is 0.443. The number of pyridine rings is 1. The number of carbonyl (C=O) groups is 1. The van der Waals surface area contributed by atoms with Crippen LogP contribution in [-0.4, -0.2) is 30.1 Å². The predicted octanol–water partition coefficient (Wildman–Crippen LogP) is 4.59. The molecule has 5 nitrogen and oxygen atoms in total. The maximum Gasteiger partial charge on any atom is 0.417 e. The van der Waals surface area contributed by atoms with Crippen molar-refractivity contribution >= 4 is 11.8 Å². The third-order valence-corrected chi connectivity index (χ3v) is 4.96. The van der Waals surface area contributed by atoms with E-state index in [1.54, 1.807) is 0 Å². The summed E-state index contributed by atoms with van der Waals surface area (Å²) >= 11 is 0. The van der Waals surface area contributed by atoms with Crippen molar-refractivity contribution in [2.75, 3.05) is 18.0 Å². The molecule has 2 heterocycles. The Kier molecular flexibility index (Phi) is 6.61. The fraction of sp³-hybridized carbons (Fsp3) is 0.400. The van der Waals surface area contributed by atoms with Crippen molar-refractivity contribution in [1.82, 2.24) is 15.6 Å². The SMILES string of the molecule is O=C(NCc1ccc(C(F)(F)F)cc1)NC1CCN(c2ccc(C(F)(F)F)cn2)CC1. The molecule has 1 aliphatic heterocycles. The Morgan fingerprint density at radius 1 is 0.935 bits per heavy atom. The molecule has 168 valence electrons. The lowest BCUT2D eigenvalue weighted by Crippen LogP contribution is -2.48. The maximum absolute atomic E-state index is 12.6. The van der Waals surface area contributed by atoms with Gasteiger partial charge in [-0.1, -0.05) is 12.1 Å². The number of rotatable bonds is 4. The molecule has 0 unspecified atom stereocenters. The first-order chi connectivity index (χ1) is 14.5. The summed E-state index contributed by atoms with van der Waals surface area (Å²) in [6, 6.07) is 6.27. The monoisotopic (exact) mass is 446 g/mol. The number of halogens is 6. The normalized spacial score (nSPS) is 15.6. The van der Waals surface area contributed by atoms with Gasteiger partial charge in [0.2, 0.25) is 0 Å². The molecule has 0 radical (unpaired) electrons. The fourth-order valence-electron chi connectivity index (χ4n) is 3.22. The van der Waals surface area contributed by atoms with E-state index in [1.165, 1.54) is 18.2 Å². The molecule has 0 spiro atoms. The molecule has 1 aliphatic rings. The number of hydrogen-bond donors (Lipinski definition) is 2. The molecule has 2 aromatic rings.